The number of hydrogen-bond donors (Lipinski definition) is 2. The van der Waals surface area contributed by atoms with Gasteiger partial charge in [0, 0.05) is 19.1 Å². The Bertz CT molecular complexity index is 589. The third-order valence-corrected chi connectivity index (χ3v) is 4.14. The summed E-state index contributed by atoms with van der Waals surface area (Å²) in [5.74, 6) is -1.04. The van der Waals surface area contributed by atoms with Crippen LogP contribution in [0.3, 0.4) is 0 Å². The minimum Gasteiger partial charge on any atom is -0.367 e. The lowest BCUT2D eigenvalue weighted by Gasteiger charge is -2.36. The van der Waals surface area contributed by atoms with Gasteiger partial charge < -0.3 is 15.8 Å². The van der Waals surface area contributed by atoms with Crippen molar-refractivity contribution in [2.24, 2.45) is 5.73 Å². The van der Waals surface area contributed by atoms with E-state index in [2.05, 4.69) is 5.32 Å². The number of carbonyl (C=O) groups is 2. The molecule has 1 saturated heterocycles. The van der Waals surface area contributed by atoms with E-state index in [0.717, 1.165) is 12.8 Å². The third kappa shape index (κ3) is 3.86. The maximum atomic E-state index is 13.2. The van der Waals surface area contributed by atoms with Crippen LogP contribution in [0, 0.1) is 5.82 Å². The fourth-order valence-corrected chi connectivity index (χ4v) is 2.76. The average Bonchev–Trinajstić information content (AvgIpc) is 3.34. The summed E-state index contributed by atoms with van der Waals surface area (Å²) in [6.45, 7) is 1.07. The van der Waals surface area contributed by atoms with E-state index in [-0.39, 0.29) is 24.3 Å². The Morgan fingerprint density at radius 1 is 1.30 bits per heavy atom. The number of halogens is 1. The summed E-state index contributed by atoms with van der Waals surface area (Å²) >= 11 is 0. The van der Waals surface area contributed by atoms with Gasteiger partial charge in [-0.1, -0.05) is 12.1 Å². The zero-order chi connectivity index (χ0) is 16.4. The Labute approximate surface area is 133 Å². The van der Waals surface area contributed by atoms with Crippen molar-refractivity contribution in [2.75, 3.05) is 19.7 Å². The molecule has 1 aromatic rings. The second-order valence-corrected chi connectivity index (χ2v) is 5.99. The maximum absolute atomic E-state index is 13.2. The van der Waals surface area contributed by atoms with E-state index < -0.39 is 18.1 Å². The van der Waals surface area contributed by atoms with Gasteiger partial charge in [0.05, 0.1) is 6.61 Å². The molecule has 0 bridgehead atoms. The maximum Gasteiger partial charge on any atom is 0.247 e. The van der Waals surface area contributed by atoms with Crippen LogP contribution in [0.25, 0.3) is 0 Å². The van der Waals surface area contributed by atoms with Crippen LogP contribution in [0.2, 0.25) is 0 Å². The molecule has 2 amide bonds. The van der Waals surface area contributed by atoms with Crippen LogP contribution in [0.4, 0.5) is 4.39 Å². The highest BCUT2D eigenvalue weighted by atomic mass is 19.1. The predicted octanol–water partition coefficient (Wildman–Crippen LogP) is 0.332. The summed E-state index contributed by atoms with van der Waals surface area (Å²) < 4.78 is 18.5. The van der Waals surface area contributed by atoms with Crippen molar-refractivity contribution in [3.63, 3.8) is 0 Å². The number of hydrogen-bond acceptors (Lipinski definition) is 4. The highest BCUT2D eigenvalue weighted by Crippen LogP contribution is 2.26. The number of ether oxygens (including phenoxy) is 1. The molecule has 0 aromatic heterocycles. The van der Waals surface area contributed by atoms with Gasteiger partial charge in [-0.05, 0) is 30.5 Å². The molecule has 0 spiro atoms. The van der Waals surface area contributed by atoms with Gasteiger partial charge in [-0.2, -0.15) is 0 Å². The minimum atomic E-state index is -0.736. The molecule has 2 atom stereocenters. The number of nitrogens with one attached hydrogen (secondary N) is 1. The van der Waals surface area contributed by atoms with Gasteiger partial charge >= 0.3 is 0 Å². The summed E-state index contributed by atoms with van der Waals surface area (Å²) in [7, 11) is 0. The number of amides is 2. The van der Waals surface area contributed by atoms with Gasteiger partial charge in [-0.25, -0.2) is 4.39 Å². The number of benzene rings is 1. The van der Waals surface area contributed by atoms with Crippen LogP contribution >= 0.6 is 0 Å². The molecule has 1 heterocycles. The van der Waals surface area contributed by atoms with Crippen molar-refractivity contribution in [3.8, 4) is 0 Å². The molecule has 3 rings (SSSR count). The number of primary amides is 1. The second-order valence-electron chi connectivity index (χ2n) is 5.99. The monoisotopic (exact) mass is 321 g/mol. The molecule has 1 aliphatic carbocycles. The Kier molecular flexibility index (Phi) is 4.58. The molecule has 1 aromatic carbocycles. The van der Waals surface area contributed by atoms with Crippen molar-refractivity contribution in [2.45, 2.75) is 31.0 Å². The van der Waals surface area contributed by atoms with E-state index in [4.69, 9.17) is 10.5 Å². The summed E-state index contributed by atoms with van der Waals surface area (Å²) in [5, 5.41) is 2.98. The van der Waals surface area contributed by atoms with E-state index in [1.54, 1.807) is 12.1 Å². The zero-order valence-electron chi connectivity index (χ0n) is 12.7. The quantitative estimate of drug-likeness (QED) is 0.818. The minimum absolute atomic E-state index is 0.135. The number of nitrogens with zero attached hydrogens (tertiary/aromatic N) is 1. The van der Waals surface area contributed by atoms with E-state index >= 15 is 0 Å². The first-order chi connectivity index (χ1) is 11.0. The molecule has 7 heteroatoms. The van der Waals surface area contributed by atoms with Gasteiger partial charge in [-0.3, -0.25) is 14.5 Å². The first kappa shape index (κ1) is 15.9. The molecule has 2 fully saturated rings. The molecule has 3 N–H and O–H groups in total. The first-order valence-corrected chi connectivity index (χ1v) is 7.75. The molecule has 2 aliphatic rings. The average molecular weight is 321 g/mol. The Balaban J connectivity index is 1.82. The van der Waals surface area contributed by atoms with E-state index in [9.17, 15) is 14.0 Å². The Morgan fingerprint density at radius 2 is 2.00 bits per heavy atom. The number of rotatable bonds is 5. The molecular weight excluding hydrogens is 301 g/mol. The molecule has 6 nitrogen and oxygen atoms in total. The SMILES string of the molecule is NC(=O)C1CN(C(C(=O)NC2CC2)c2ccc(F)cc2)CCO1. The summed E-state index contributed by atoms with van der Waals surface area (Å²) in [4.78, 5) is 25.9. The lowest BCUT2D eigenvalue weighted by molar-refractivity contribution is -0.141. The van der Waals surface area contributed by atoms with Crippen molar-refractivity contribution >= 4 is 11.8 Å². The second kappa shape index (κ2) is 6.64. The fraction of sp³-hybridized carbons (Fsp3) is 0.500. The molecular formula is C16H20FN3O3. The first-order valence-electron chi connectivity index (χ1n) is 7.75. The summed E-state index contributed by atoms with van der Waals surface area (Å²) in [6, 6.07) is 5.50. The van der Waals surface area contributed by atoms with Crippen LogP contribution < -0.4 is 11.1 Å². The van der Waals surface area contributed by atoms with Crippen LogP contribution in [-0.2, 0) is 14.3 Å². The highest BCUT2D eigenvalue weighted by molar-refractivity contribution is 5.84. The Hall–Kier alpha value is -1.99. The van der Waals surface area contributed by atoms with Crippen molar-refractivity contribution in [1.29, 1.82) is 0 Å². The number of nitrogens with two attached hydrogens (primary N) is 1. The van der Waals surface area contributed by atoms with Gasteiger partial charge in [0.25, 0.3) is 0 Å². The lowest BCUT2D eigenvalue weighted by Crippen LogP contribution is -2.52. The third-order valence-electron chi connectivity index (χ3n) is 4.14. The van der Waals surface area contributed by atoms with Gasteiger partial charge in [0.1, 0.15) is 18.0 Å². The molecule has 2 unspecified atom stereocenters. The number of carbonyl (C=O) groups excluding carboxylic acids is 2. The van der Waals surface area contributed by atoms with Crippen molar-refractivity contribution in [1.82, 2.24) is 10.2 Å². The predicted molar refractivity (Wildman–Crippen MR) is 80.8 cm³/mol. The summed E-state index contributed by atoms with van der Waals surface area (Å²) in [5.41, 5.74) is 6.00. The lowest BCUT2D eigenvalue weighted by atomic mass is 10.0. The highest BCUT2D eigenvalue weighted by Gasteiger charge is 2.36. The fourth-order valence-electron chi connectivity index (χ4n) is 2.76. The molecule has 0 radical (unpaired) electrons. The standard InChI is InChI=1S/C16H20FN3O3/c17-11-3-1-10(2-4-11)14(16(22)19-12-5-6-12)20-7-8-23-13(9-20)15(18)21/h1-4,12-14H,5-9H2,(H2,18,21)(H,19,22). The molecule has 23 heavy (non-hydrogen) atoms. The van der Waals surface area contributed by atoms with Crippen LogP contribution in [0.1, 0.15) is 24.4 Å². The smallest absolute Gasteiger partial charge is 0.247 e. The summed E-state index contributed by atoms with van der Waals surface area (Å²) in [6.07, 6.45) is 1.23. The van der Waals surface area contributed by atoms with Crippen LogP contribution in [0.5, 0.6) is 0 Å². The van der Waals surface area contributed by atoms with Crippen LogP contribution in [0.15, 0.2) is 24.3 Å². The van der Waals surface area contributed by atoms with Gasteiger partial charge in [0.2, 0.25) is 11.8 Å². The Morgan fingerprint density at radius 3 is 2.61 bits per heavy atom. The number of morpholine rings is 1. The zero-order valence-corrected chi connectivity index (χ0v) is 12.7. The normalized spacial score (nSPS) is 23.3. The van der Waals surface area contributed by atoms with Gasteiger partial charge in [-0.15, -0.1) is 0 Å². The molecule has 1 saturated carbocycles. The van der Waals surface area contributed by atoms with Crippen molar-refractivity contribution in [3.05, 3.63) is 35.6 Å². The van der Waals surface area contributed by atoms with Crippen molar-refractivity contribution < 1.29 is 18.7 Å². The van der Waals surface area contributed by atoms with E-state index in [0.29, 0.717) is 18.7 Å². The molecule has 124 valence electrons. The van der Waals surface area contributed by atoms with Crippen LogP contribution in [-0.4, -0.2) is 48.6 Å². The van der Waals surface area contributed by atoms with E-state index in [1.807, 2.05) is 4.90 Å². The largest absolute Gasteiger partial charge is 0.367 e. The van der Waals surface area contributed by atoms with E-state index in [1.165, 1.54) is 12.1 Å². The molecule has 1 aliphatic heterocycles. The topological polar surface area (TPSA) is 84.7 Å². The van der Waals surface area contributed by atoms with Gasteiger partial charge in [0.15, 0.2) is 0 Å².